The van der Waals surface area contributed by atoms with Crippen molar-refractivity contribution in [3.05, 3.63) is 12.8 Å². The number of unbranched alkanes of at least 4 members (excludes halogenated alkanes) is 8. The van der Waals surface area contributed by atoms with E-state index in [0.717, 1.165) is 19.1 Å². The third-order valence-corrected chi connectivity index (χ3v) is 3.12. The Morgan fingerprint density at radius 2 is 1.47 bits per heavy atom. The fraction of sp³-hybridized carbons (Fsp3) is 0.750. The van der Waals surface area contributed by atoms with Crippen molar-refractivity contribution >= 4 is 11.8 Å². The summed E-state index contributed by atoms with van der Waals surface area (Å²) in [5.41, 5.74) is 0. The van der Waals surface area contributed by atoms with Crippen LogP contribution in [0.2, 0.25) is 0 Å². The van der Waals surface area contributed by atoms with Crippen molar-refractivity contribution in [3.8, 4) is 0 Å². The topological polar surface area (TPSA) is 43.4 Å². The van der Waals surface area contributed by atoms with Crippen LogP contribution in [0.25, 0.3) is 0 Å². The van der Waals surface area contributed by atoms with Gasteiger partial charge in [0.2, 0.25) is 0 Å². The van der Waals surface area contributed by atoms with Crippen molar-refractivity contribution in [2.45, 2.75) is 77.6 Å². The van der Waals surface area contributed by atoms with Crippen molar-refractivity contribution in [2.24, 2.45) is 0 Å². The summed E-state index contributed by atoms with van der Waals surface area (Å²) in [5.74, 6) is -0.536. The van der Waals surface area contributed by atoms with Crippen molar-refractivity contribution in [3.63, 3.8) is 0 Å². The predicted molar refractivity (Wildman–Crippen MR) is 77.8 cm³/mol. The molecule has 0 aliphatic rings. The Kier molecular flexibility index (Phi) is 12.5. The minimum absolute atomic E-state index is 0.0326. The summed E-state index contributed by atoms with van der Waals surface area (Å²) >= 11 is 0. The zero-order valence-corrected chi connectivity index (χ0v) is 12.3. The highest BCUT2D eigenvalue weighted by Crippen LogP contribution is 2.11. The van der Waals surface area contributed by atoms with Gasteiger partial charge in [-0.15, -0.1) is 0 Å². The molecule has 110 valence electrons. The molecule has 0 rings (SSSR count). The highest BCUT2D eigenvalue weighted by Gasteiger charge is 2.09. The third-order valence-electron chi connectivity index (χ3n) is 3.12. The molecule has 0 bridgehead atoms. The molecule has 0 fully saturated rings. The maximum Gasteiger partial charge on any atom is 0.318 e. The minimum Gasteiger partial charge on any atom is -0.435 e. The van der Waals surface area contributed by atoms with Crippen molar-refractivity contribution in [1.82, 2.24) is 0 Å². The van der Waals surface area contributed by atoms with Gasteiger partial charge < -0.3 is 4.74 Å². The molecule has 3 nitrogen and oxygen atoms in total. The second-order valence-corrected chi connectivity index (χ2v) is 4.95. The van der Waals surface area contributed by atoms with Gasteiger partial charge in [0.05, 0.1) is 6.26 Å². The molecule has 0 unspecified atom stereocenters. The molecule has 0 aliphatic heterocycles. The molecule has 0 aromatic heterocycles. The average Bonchev–Trinajstić information content (AvgIpc) is 2.37. The van der Waals surface area contributed by atoms with Crippen LogP contribution >= 0.6 is 0 Å². The zero-order valence-electron chi connectivity index (χ0n) is 12.3. The van der Waals surface area contributed by atoms with Crippen molar-refractivity contribution in [1.29, 1.82) is 0 Å². The van der Waals surface area contributed by atoms with Gasteiger partial charge in [0, 0.05) is 6.42 Å². The van der Waals surface area contributed by atoms with E-state index in [9.17, 15) is 9.59 Å². The maximum atomic E-state index is 11.4. The van der Waals surface area contributed by atoms with Crippen LogP contribution in [0.15, 0.2) is 12.8 Å². The smallest absolute Gasteiger partial charge is 0.318 e. The van der Waals surface area contributed by atoms with Crippen LogP contribution in [0, 0.1) is 0 Å². The van der Waals surface area contributed by atoms with E-state index in [2.05, 4.69) is 18.2 Å². The Morgan fingerprint density at radius 3 is 2.00 bits per heavy atom. The highest BCUT2D eigenvalue weighted by atomic mass is 16.5. The van der Waals surface area contributed by atoms with Crippen LogP contribution in [-0.2, 0) is 14.3 Å². The fourth-order valence-electron chi connectivity index (χ4n) is 2.02. The standard InChI is InChI=1S/C16H28O3/c1-3-5-6-7-8-9-10-11-12-13-15(17)14-16(18)19-4-2/h4H,2-3,5-14H2,1H3. The van der Waals surface area contributed by atoms with Gasteiger partial charge in [-0.2, -0.15) is 0 Å². The quantitative estimate of drug-likeness (QED) is 0.213. The summed E-state index contributed by atoms with van der Waals surface area (Å²) in [6, 6.07) is 0. The summed E-state index contributed by atoms with van der Waals surface area (Å²) < 4.78 is 4.51. The molecule has 0 spiro atoms. The normalized spacial score (nSPS) is 10.2. The van der Waals surface area contributed by atoms with E-state index in [1.165, 1.54) is 44.9 Å². The van der Waals surface area contributed by atoms with Gasteiger partial charge >= 0.3 is 5.97 Å². The van der Waals surface area contributed by atoms with Crippen molar-refractivity contribution in [2.75, 3.05) is 0 Å². The Bertz CT molecular complexity index is 259. The van der Waals surface area contributed by atoms with E-state index in [0.29, 0.717) is 6.42 Å². The Balaban J connectivity index is 3.27. The van der Waals surface area contributed by atoms with Gasteiger partial charge in [0.15, 0.2) is 0 Å². The minimum atomic E-state index is -0.504. The maximum absolute atomic E-state index is 11.4. The predicted octanol–water partition coefficient (Wildman–Crippen LogP) is 4.55. The highest BCUT2D eigenvalue weighted by molar-refractivity contribution is 5.95. The lowest BCUT2D eigenvalue weighted by Gasteiger charge is -2.02. The number of hydrogen-bond acceptors (Lipinski definition) is 3. The molecule has 0 aromatic carbocycles. The second-order valence-electron chi connectivity index (χ2n) is 4.95. The SMILES string of the molecule is C=COC(=O)CC(=O)CCCCCCCCCCC. The number of ketones is 1. The van der Waals surface area contributed by atoms with E-state index in [1.54, 1.807) is 0 Å². The van der Waals surface area contributed by atoms with Crippen LogP contribution in [0.5, 0.6) is 0 Å². The van der Waals surface area contributed by atoms with Crippen molar-refractivity contribution < 1.29 is 14.3 Å². The van der Waals surface area contributed by atoms with Gasteiger partial charge in [-0.3, -0.25) is 9.59 Å². The first-order valence-corrected chi connectivity index (χ1v) is 7.52. The number of carbonyl (C=O) groups is 2. The Labute approximate surface area is 117 Å². The van der Waals surface area contributed by atoms with E-state index in [-0.39, 0.29) is 12.2 Å². The first-order valence-electron chi connectivity index (χ1n) is 7.52. The molecule has 3 heteroatoms. The molecule has 0 saturated carbocycles. The van der Waals surface area contributed by atoms with Gasteiger partial charge in [-0.05, 0) is 6.42 Å². The van der Waals surface area contributed by atoms with E-state index < -0.39 is 5.97 Å². The molecule has 0 N–H and O–H groups in total. The number of carbonyl (C=O) groups excluding carboxylic acids is 2. The second kappa shape index (κ2) is 13.3. The average molecular weight is 268 g/mol. The van der Waals surface area contributed by atoms with Crippen LogP contribution in [0.4, 0.5) is 0 Å². The lowest BCUT2D eigenvalue weighted by Crippen LogP contribution is -2.08. The van der Waals surface area contributed by atoms with Gasteiger partial charge in [0.1, 0.15) is 12.2 Å². The van der Waals surface area contributed by atoms with E-state index in [1.807, 2.05) is 0 Å². The zero-order chi connectivity index (χ0) is 14.3. The molecule has 0 aromatic rings. The van der Waals surface area contributed by atoms with Crippen LogP contribution in [-0.4, -0.2) is 11.8 Å². The largest absolute Gasteiger partial charge is 0.435 e. The summed E-state index contributed by atoms with van der Waals surface area (Å²) in [6.07, 6.45) is 12.5. The summed E-state index contributed by atoms with van der Waals surface area (Å²) in [7, 11) is 0. The van der Waals surface area contributed by atoms with Gasteiger partial charge in [-0.25, -0.2) is 0 Å². The number of Topliss-reactive ketones (excluding diaryl/α,β-unsaturated/α-hetero) is 1. The first kappa shape index (κ1) is 17.9. The lowest BCUT2D eigenvalue weighted by atomic mass is 10.0. The Hall–Kier alpha value is -1.12. The van der Waals surface area contributed by atoms with E-state index in [4.69, 9.17) is 0 Å². The fourth-order valence-corrected chi connectivity index (χ4v) is 2.02. The lowest BCUT2D eigenvalue weighted by molar-refractivity contribution is -0.141. The molecular weight excluding hydrogens is 240 g/mol. The molecule has 0 heterocycles. The first-order chi connectivity index (χ1) is 9.20. The summed E-state index contributed by atoms with van der Waals surface area (Å²) in [5, 5.41) is 0. The van der Waals surface area contributed by atoms with Crippen LogP contribution < -0.4 is 0 Å². The molecular formula is C16H28O3. The molecule has 19 heavy (non-hydrogen) atoms. The van der Waals surface area contributed by atoms with Gasteiger partial charge in [-0.1, -0.05) is 64.9 Å². The van der Waals surface area contributed by atoms with Crippen LogP contribution in [0.3, 0.4) is 0 Å². The number of esters is 1. The number of rotatable bonds is 13. The molecule has 0 saturated heterocycles. The monoisotopic (exact) mass is 268 g/mol. The number of ether oxygens (including phenoxy) is 1. The van der Waals surface area contributed by atoms with E-state index >= 15 is 0 Å². The summed E-state index contributed by atoms with van der Waals surface area (Å²) in [4.78, 5) is 22.4. The molecule has 0 atom stereocenters. The number of hydrogen-bond donors (Lipinski definition) is 0. The molecule has 0 amide bonds. The van der Waals surface area contributed by atoms with Gasteiger partial charge in [0.25, 0.3) is 0 Å². The summed E-state index contributed by atoms with van der Waals surface area (Å²) in [6.45, 7) is 5.50. The molecule has 0 radical (unpaired) electrons. The Morgan fingerprint density at radius 1 is 0.947 bits per heavy atom. The van der Waals surface area contributed by atoms with Crippen LogP contribution in [0.1, 0.15) is 77.6 Å². The third kappa shape index (κ3) is 13.1. The molecule has 0 aliphatic carbocycles.